The highest BCUT2D eigenvalue weighted by Crippen LogP contribution is 2.46. The Morgan fingerprint density at radius 2 is 1.27 bits per heavy atom. The van der Waals surface area contributed by atoms with Gasteiger partial charge in [-0.15, -0.1) is 0 Å². The third-order valence-corrected chi connectivity index (χ3v) is 13.1. The number of aromatic nitrogens is 10. The molecule has 4 atom stereocenters. The summed E-state index contributed by atoms with van der Waals surface area (Å²) in [4.78, 5) is 49.2. The highest BCUT2D eigenvalue weighted by molar-refractivity contribution is 5.93. The lowest BCUT2D eigenvalue weighted by Gasteiger charge is -2.30. The van der Waals surface area contributed by atoms with Gasteiger partial charge in [0.05, 0.1) is 80.2 Å². The van der Waals surface area contributed by atoms with E-state index in [2.05, 4.69) is 52.9 Å². The highest BCUT2D eigenvalue weighted by atomic mass is 19.4. The Morgan fingerprint density at radius 1 is 0.790 bits per heavy atom. The minimum absolute atomic E-state index is 0.0116. The minimum atomic E-state index is -4.58. The second-order valence-corrected chi connectivity index (χ2v) is 21.1. The maximum atomic E-state index is 13.3. The summed E-state index contributed by atoms with van der Waals surface area (Å²) in [5.41, 5.74) is 2.57. The van der Waals surface area contributed by atoms with Gasteiger partial charge in [0.15, 0.2) is 16.9 Å². The van der Waals surface area contributed by atoms with Crippen LogP contribution >= 0.6 is 0 Å². The number of ether oxygens (including phenoxy) is 2. The van der Waals surface area contributed by atoms with E-state index in [-0.39, 0.29) is 48.2 Å². The lowest BCUT2D eigenvalue weighted by atomic mass is 10.0. The molecule has 0 spiro atoms. The molecule has 1 saturated heterocycles. The van der Waals surface area contributed by atoms with Crippen molar-refractivity contribution in [1.82, 2.24) is 69.6 Å². The average molecular weight is 1140 g/mol. The summed E-state index contributed by atoms with van der Waals surface area (Å²) in [6.07, 6.45) is 4.19. The lowest BCUT2D eigenvalue weighted by Crippen LogP contribution is -2.44. The quantitative estimate of drug-likeness (QED) is 0.0415. The summed E-state index contributed by atoms with van der Waals surface area (Å²) in [7, 11) is 0. The molecule has 1 aliphatic carbocycles. The van der Waals surface area contributed by atoms with Gasteiger partial charge < -0.3 is 35.7 Å². The number of carbonyl (C=O) groups excluding carboxylic acids is 3. The van der Waals surface area contributed by atoms with Gasteiger partial charge in [0.2, 0.25) is 0 Å². The van der Waals surface area contributed by atoms with E-state index < -0.39 is 67.2 Å². The molecule has 0 radical (unpaired) electrons. The molecule has 26 heteroatoms. The summed E-state index contributed by atoms with van der Waals surface area (Å²) in [6, 6.07) is 1.96. The van der Waals surface area contributed by atoms with Crippen LogP contribution in [0.2, 0.25) is 0 Å². The Hall–Kier alpha value is -7.22. The molecular formula is C55H77F6N15O5. The van der Waals surface area contributed by atoms with Crippen LogP contribution in [0.4, 0.5) is 31.1 Å². The molecule has 6 aromatic rings. The van der Waals surface area contributed by atoms with E-state index in [1.165, 1.54) is 31.0 Å². The fourth-order valence-electron chi connectivity index (χ4n) is 8.18. The predicted octanol–water partition coefficient (Wildman–Crippen LogP) is 10.9. The van der Waals surface area contributed by atoms with E-state index in [0.717, 1.165) is 44.2 Å². The third-order valence-electron chi connectivity index (χ3n) is 13.1. The number of carbonyl (C=O) groups is 3. The maximum Gasteiger partial charge on any atom is 0.416 e. The third kappa shape index (κ3) is 16.7. The highest BCUT2D eigenvalue weighted by Gasteiger charge is 2.51. The zero-order valence-corrected chi connectivity index (χ0v) is 48.2. The van der Waals surface area contributed by atoms with Crippen LogP contribution in [0.15, 0.2) is 73.6 Å². The Morgan fingerprint density at radius 3 is 1.67 bits per heavy atom. The minimum Gasteiger partial charge on any atom is -0.376 e. The van der Waals surface area contributed by atoms with Gasteiger partial charge in [0.25, 0.3) is 11.8 Å². The van der Waals surface area contributed by atoms with Crippen LogP contribution in [0.25, 0.3) is 11.3 Å². The molecule has 1 saturated carbocycles. The number of amides is 4. The number of allylic oxidation sites excluding steroid dienone is 1. The number of alkyl halides is 6. The molecule has 6 aromatic heterocycles. The molecule has 8 rings (SSSR count). The van der Waals surface area contributed by atoms with Crippen LogP contribution in [-0.2, 0) is 9.47 Å². The van der Waals surface area contributed by atoms with Crippen LogP contribution in [-0.4, -0.2) is 128 Å². The number of fused-ring (bicyclic) bond motifs is 2. The van der Waals surface area contributed by atoms with Crippen molar-refractivity contribution in [1.29, 1.82) is 5.41 Å². The summed E-state index contributed by atoms with van der Waals surface area (Å²) in [5.74, 6) is -0.547. The van der Waals surface area contributed by atoms with Crippen LogP contribution in [0.1, 0.15) is 189 Å². The van der Waals surface area contributed by atoms with E-state index in [4.69, 9.17) is 14.9 Å². The van der Waals surface area contributed by atoms with Crippen LogP contribution in [0.5, 0.6) is 0 Å². The first kappa shape index (κ1) is 64.6. The standard InChI is InChI=1S/C26H33F3N8O3.C22H29F3N6O2.C5H9N.C2H6/c1-14(2)37-20(7-8-30-37)24(38)33-19(13-40-15(3)4)18-11-36-22(32-18)9-17(10-31-36)23(16-5-6-16)35-12-21(26(27,28)29)34-25(35)39;1-13(2)15-9-19-28-16(11-30(19)27-10-15)17(12-33-21(5,6)22(23,24)25)29-20(32)18-7-8-26-31(18)14(3)4;1-3-5(2)4-6;1-2/h7-11,14-16,19,21,23H,5-6,12-13H2,1-4H3,(H,33,38)(H,34,39);7-11,13-14,17H,12H2,1-6H3,(H,29,32);4,6H,2-3H2,1H3;1-2H3. The lowest BCUT2D eigenvalue weighted by molar-refractivity contribution is -0.265. The topological polar surface area (TPSA) is 229 Å². The van der Waals surface area contributed by atoms with Crippen molar-refractivity contribution in [3.63, 3.8) is 0 Å². The molecule has 2 fully saturated rings. The largest absolute Gasteiger partial charge is 0.416 e. The molecule has 81 heavy (non-hydrogen) atoms. The van der Waals surface area contributed by atoms with Gasteiger partial charge >= 0.3 is 18.4 Å². The second-order valence-electron chi connectivity index (χ2n) is 21.1. The van der Waals surface area contributed by atoms with Crippen molar-refractivity contribution in [2.45, 2.75) is 175 Å². The van der Waals surface area contributed by atoms with Gasteiger partial charge in [-0.25, -0.2) is 23.8 Å². The second kappa shape index (κ2) is 27.5. The van der Waals surface area contributed by atoms with Gasteiger partial charge in [-0.1, -0.05) is 41.2 Å². The Kier molecular flexibility index (Phi) is 21.9. The fraction of sp³-hybridized carbons (Fsp3) is 0.564. The number of halogens is 6. The van der Waals surface area contributed by atoms with Crippen LogP contribution < -0.4 is 16.0 Å². The number of nitrogens with one attached hydrogen (secondary N) is 4. The summed E-state index contributed by atoms with van der Waals surface area (Å²) < 4.78 is 97.3. The van der Waals surface area contributed by atoms with Gasteiger partial charge in [-0.05, 0) is 127 Å². The van der Waals surface area contributed by atoms with Gasteiger partial charge in [0.1, 0.15) is 17.4 Å². The molecule has 0 aromatic carbocycles. The van der Waals surface area contributed by atoms with Gasteiger partial charge in [0, 0.05) is 30.7 Å². The molecule has 444 valence electrons. The van der Waals surface area contributed by atoms with Crippen molar-refractivity contribution in [3.05, 3.63) is 108 Å². The molecule has 0 bridgehead atoms. The first-order chi connectivity index (χ1) is 38.0. The molecule has 20 nitrogen and oxygen atoms in total. The first-order valence-corrected chi connectivity index (χ1v) is 27.1. The molecule has 2 aliphatic rings. The van der Waals surface area contributed by atoms with Crippen LogP contribution in [0, 0.1) is 11.3 Å². The Labute approximate surface area is 467 Å². The first-order valence-electron chi connectivity index (χ1n) is 27.1. The zero-order valence-electron chi connectivity index (χ0n) is 48.2. The molecule has 4 amide bonds. The molecular weight excluding hydrogens is 1060 g/mol. The maximum absolute atomic E-state index is 13.3. The van der Waals surface area contributed by atoms with E-state index in [9.17, 15) is 40.7 Å². The molecule has 1 aliphatic heterocycles. The monoisotopic (exact) mass is 1140 g/mol. The number of imidazole rings is 2. The normalized spacial score (nSPS) is 15.9. The molecule has 4 N–H and O–H groups in total. The number of nitrogens with zero attached hydrogens (tertiary/aromatic N) is 11. The van der Waals surface area contributed by atoms with E-state index in [1.807, 2.05) is 82.2 Å². The fourth-order valence-corrected chi connectivity index (χ4v) is 8.18. The van der Waals surface area contributed by atoms with Crippen molar-refractivity contribution in [3.8, 4) is 0 Å². The average Bonchev–Trinajstić information content (AvgIpc) is 4.20. The van der Waals surface area contributed by atoms with E-state index in [0.29, 0.717) is 33.9 Å². The van der Waals surface area contributed by atoms with Crippen molar-refractivity contribution >= 4 is 35.4 Å². The number of hydrogen-bond acceptors (Lipinski definition) is 12. The SMILES string of the molecule is C=C(C=N)CC.CC.CC(C)OCC(NC(=O)c1ccnn1C(C)C)c1cn2ncc(C(C3CC3)N3CC(C(F)(F)F)NC3=O)cc2n1.CC(C)c1cnn2cc(C(COC(C)(C)C(F)(F)F)NC(=O)c3ccnn3C(C)C)nc2c1. The molecule has 4 unspecified atom stereocenters. The summed E-state index contributed by atoms with van der Waals surface area (Å²) >= 11 is 0. The van der Waals surface area contributed by atoms with Gasteiger partial charge in [-0.3, -0.25) is 19.0 Å². The van der Waals surface area contributed by atoms with E-state index >= 15 is 0 Å². The smallest absolute Gasteiger partial charge is 0.376 e. The molecule has 7 heterocycles. The number of rotatable bonds is 20. The van der Waals surface area contributed by atoms with Crippen molar-refractivity contribution < 1.29 is 50.2 Å². The predicted molar refractivity (Wildman–Crippen MR) is 293 cm³/mol. The van der Waals surface area contributed by atoms with Gasteiger partial charge in [-0.2, -0.15) is 46.7 Å². The number of urea groups is 1. The van der Waals surface area contributed by atoms with Crippen LogP contribution in [0.3, 0.4) is 0 Å². The number of hydrogen-bond donors (Lipinski definition) is 4. The van der Waals surface area contributed by atoms with E-state index in [1.54, 1.807) is 53.9 Å². The summed E-state index contributed by atoms with van der Waals surface area (Å²) in [5, 5.41) is 31.5. The van der Waals surface area contributed by atoms with Crippen molar-refractivity contribution in [2.75, 3.05) is 19.8 Å². The Bertz CT molecular complexity index is 3060. The zero-order chi connectivity index (χ0) is 60.3. The Balaban J connectivity index is 0.000000267. The van der Waals surface area contributed by atoms with Crippen molar-refractivity contribution in [2.24, 2.45) is 5.92 Å². The summed E-state index contributed by atoms with van der Waals surface area (Å²) in [6.45, 7) is 26.1.